The van der Waals surface area contributed by atoms with Crippen molar-refractivity contribution in [2.45, 2.75) is 13.5 Å². The van der Waals surface area contributed by atoms with Crippen LogP contribution in [0.1, 0.15) is 5.69 Å². The van der Waals surface area contributed by atoms with Crippen molar-refractivity contribution in [2.24, 2.45) is 0 Å². The van der Waals surface area contributed by atoms with Crippen molar-refractivity contribution in [3.8, 4) is 12.3 Å². The summed E-state index contributed by atoms with van der Waals surface area (Å²) in [6.07, 6.45) is 6.68. The first-order valence-corrected chi connectivity index (χ1v) is 3.25. The van der Waals surface area contributed by atoms with Gasteiger partial charge in [0, 0.05) is 0 Å². The summed E-state index contributed by atoms with van der Waals surface area (Å²) < 4.78 is 1.68. The molecule has 52 valence electrons. The van der Waals surface area contributed by atoms with E-state index in [-0.39, 0.29) is 0 Å². The lowest BCUT2D eigenvalue weighted by atomic mass is 10.5. The standard InChI is InChI=1S/C7H7ClN2/c1-3-4-10-6(2)7(8)5-9-10/h1,5H,4H2,2H3. The molecule has 10 heavy (non-hydrogen) atoms. The third-order valence-corrected chi connectivity index (χ3v) is 1.66. The van der Waals surface area contributed by atoms with E-state index in [1.165, 1.54) is 0 Å². The summed E-state index contributed by atoms with van der Waals surface area (Å²) in [5.41, 5.74) is 0.916. The highest BCUT2D eigenvalue weighted by atomic mass is 35.5. The van der Waals surface area contributed by atoms with Gasteiger partial charge in [-0.25, -0.2) is 0 Å². The minimum Gasteiger partial charge on any atom is -0.256 e. The molecule has 2 nitrogen and oxygen atoms in total. The van der Waals surface area contributed by atoms with Gasteiger partial charge < -0.3 is 0 Å². The number of nitrogens with zero attached hydrogens (tertiary/aromatic N) is 2. The maximum absolute atomic E-state index is 5.71. The molecule has 0 radical (unpaired) electrons. The van der Waals surface area contributed by atoms with Crippen LogP contribution in [-0.2, 0) is 6.54 Å². The zero-order valence-corrected chi connectivity index (χ0v) is 6.39. The SMILES string of the molecule is C#CCn1ncc(Cl)c1C. The monoisotopic (exact) mass is 154 g/mol. The highest BCUT2D eigenvalue weighted by Gasteiger charge is 2.00. The third kappa shape index (κ3) is 1.14. The van der Waals surface area contributed by atoms with E-state index in [9.17, 15) is 0 Å². The van der Waals surface area contributed by atoms with Crippen LogP contribution < -0.4 is 0 Å². The summed E-state index contributed by atoms with van der Waals surface area (Å²) in [6, 6.07) is 0. The van der Waals surface area contributed by atoms with Crippen LogP contribution in [0.4, 0.5) is 0 Å². The lowest BCUT2D eigenvalue weighted by Gasteiger charge is -1.95. The molecule has 1 rings (SSSR count). The maximum Gasteiger partial charge on any atom is 0.102 e. The first-order valence-electron chi connectivity index (χ1n) is 2.87. The summed E-state index contributed by atoms with van der Waals surface area (Å²) in [5, 5.41) is 4.61. The van der Waals surface area contributed by atoms with Crippen molar-refractivity contribution in [2.75, 3.05) is 0 Å². The molecule has 0 amide bonds. The molecule has 0 aliphatic rings. The zero-order valence-electron chi connectivity index (χ0n) is 5.63. The van der Waals surface area contributed by atoms with Crippen molar-refractivity contribution in [1.29, 1.82) is 0 Å². The second-order valence-electron chi connectivity index (χ2n) is 1.94. The molecule has 0 bridgehead atoms. The molecule has 0 fully saturated rings. The number of rotatable bonds is 1. The molecule has 0 atom stereocenters. The molecule has 0 saturated heterocycles. The molecule has 0 aliphatic heterocycles. The van der Waals surface area contributed by atoms with Crippen LogP contribution in [0.5, 0.6) is 0 Å². The van der Waals surface area contributed by atoms with E-state index >= 15 is 0 Å². The fraction of sp³-hybridized carbons (Fsp3) is 0.286. The van der Waals surface area contributed by atoms with Crippen LogP contribution in [0, 0.1) is 19.3 Å². The van der Waals surface area contributed by atoms with Crippen molar-refractivity contribution < 1.29 is 0 Å². The summed E-state index contributed by atoms with van der Waals surface area (Å²) in [6.45, 7) is 2.37. The van der Waals surface area contributed by atoms with Gasteiger partial charge in [0.15, 0.2) is 0 Å². The van der Waals surface area contributed by atoms with E-state index in [4.69, 9.17) is 18.0 Å². The van der Waals surface area contributed by atoms with E-state index in [0.717, 1.165) is 5.69 Å². The molecule has 1 heterocycles. The van der Waals surface area contributed by atoms with Gasteiger partial charge >= 0.3 is 0 Å². The van der Waals surface area contributed by atoms with Gasteiger partial charge in [0.05, 0.1) is 16.9 Å². The highest BCUT2D eigenvalue weighted by Crippen LogP contribution is 2.12. The van der Waals surface area contributed by atoms with Crippen molar-refractivity contribution in [3.63, 3.8) is 0 Å². The molecule has 0 aliphatic carbocycles. The molecule has 1 aromatic rings. The third-order valence-electron chi connectivity index (χ3n) is 1.28. The van der Waals surface area contributed by atoms with Gasteiger partial charge in [0.1, 0.15) is 6.54 Å². The number of aromatic nitrogens is 2. The number of hydrogen-bond acceptors (Lipinski definition) is 1. The van der Waals surface area contributed by atoms with Crippen LogP contribution >= 0.6 is 11.6 Å². The van der Waals surface area contributed by atoms with Gasteiger partial charge in [-0.1, -0.05) is 17.5 Å². The Morgan fingerprint density at radius 2 is 2.60 bits per heavy atom. The van der Waals surface area contributed by atoms with Gasteiger partial charge in [0.25, 0.3) is 0 Å². The maximum atomic E-state index is 5.71. The van der Waals surface area contributed by atoms with Crippen LogP contribution in [0.3, 0.4) is 0 Å². The molecule has 0 N–H and O–H groups in total. The van der Waals surface area contributed by atoms with Gasteiger partial charge in [-0.05, 0) is 6.92 Å². The highest BCUT2D eigenvalue weighted by molar-refractivity contribution is 6.31. The Morgan fingerprint density at radius 3 is 3.00 bits per heavy atom. The van der Waals surface area contributed by atoms with Crippen LogP contribution in [0.2, 0.25) is 5.02 Å². The topological polar surface area (TPSA) is 17.8 Å². The van der Waals surface area contributed by atoms with Crippen LogP contribution in [-0.4, -0.2) is 9.78 Å². The zero-order chi connectivity index (χ0) is 7.56. The van der Waals surface area contributed by atoms with E-state index in [1.807, 2.05) is 6.92 Å². The Balaban J connectivity index is 2.96. The van der Waals surface area contributed by atoms with Crippen molar-refractivity contribution in [1.82, 2.24) is 9.78 Å². The average molecular weight is 155 g/mol. The second-order valence-corrected chi connectivity index (χ2v) is 2.35. The Morgan fingerprint density at radius 1 is 1.90 bits per heavy atom. The Labute approximate surface area is 64.8 Å². The van der Waals surface area contributed by atoms with E-state index in [2.05, 4.69) is 11.0 Å². The number of halogens is 1. The summed E-state index contributed by atoms with van der Waals surface area (Å²) in [4.78, 5) is 0. The lowest BCUT2D eigenvalue weighted by Crippen LogP contribution is -1.99. The van der Waals surface area contributed by atoms with E-state index < -0.39 is 0 Å². The van der Waals surface area contributed by atoms with Gasteiger partial charge in [-0.2, -0.15) is 5.10 Å². The van der Waals surface area contributed by atoms with Crippen LogP contribution in [0.25, 0.3) is 0 Å². The molecule has 3 heteroatoms. The minimum atomic E-state index is 0.485. The minimum absolute atomic E-state index is 0.485. The first kappa shape index (κ1) is 7.17. The molecular formula is C7H7ClN2. The molecule has 0 unspecified atom stereocenters. The molecule has 0 spiro atoms. The molecule has 1 aromatic heterocycles. The molecule has 0 aromatic carbocycles. The Kier molecular flexibility index (Phi) is 1.98. The smallest absolute Gasteiger partial charge is 0.102 e. The summed E-state index contributed by atoms with van der Waals surface area (Å²) >= 11 is 5.71. The molecular weight excluding hydrogens is 148 g/mol. The van der Waals surface area contributed by atoms with E-state index in [0.29, 0.717) is 11.6 Å². The van der Waals surface area contributed by atoms with Crippen LogP contribution in [0.15, 0.2) is 6.20 Å². The van der Waals surface area contributed by atoms with Gasteiger partial charge in [0.2, 0.25) is 0 Å². The normalized spacial score (nSPS) is 9.30. The second kappa shape index (κ2) is 2.76. The van der Waals surface area contributed by atoms with Gasteiger partial charge in [-0.3, -0.25) is 4.68 Å². The predicted molar refractivity (Wildman–Crippen MR) is 40.8 cm³/mol. The lowest BCUT2D eigenvalue weighted by molar-refractivity contribution is 0.692. The fourth-order valence-corrected chi connectivity index (χ4v) is 0.811. The average Bonchev–Trinajstić information content (AvgIpc) is 2.20. The van der Waals surface area contributed by atoms with E-state index in [1.54, 1.807) is 10.9 Å². The van der Waals surface area contributed by atoms with Crippen molar-refractivity contribution in [3.05, 3.63) is 16.9 Å². The Bertz CT molecular complexity index is 270. The van der Waals surface area contributed by atoms with Crippen molar-refractivity contribution >= 4 is 11.6 Å². The fourth-order valence-electron chi connectivity index (χ4n) is 0.670. The molecule has 0 saturated carbocycles. The summed E-state index contributed by atoms with van der Waals surface area (Å²) in [7, 11) is 0. The number of terminal acetylenes is 1. The Hall–Kier alpha value is -0.940. The predicted octanol–water partition coefficient (Wildman–Crippen LogP) is 1.48. The largest absolute Gasteiger partial charge is 0.256 e. The quantitative estimate of drug-likeness (QED) is 0.561. The number of hydrogen-bond donors (Lipinski definition) is 0. The van der Waals surface area contributed by atoms with Gasteiger partial charge in [-0.15, -0.1) is 6.42 Å². The summed E-state index contributed by atoms with van der Waals surface area (Å²) in [5.74, 6) is 2.48. The first-order chi connectivity index (χ1) is 4.75.